The highest BCUT2D eigenvalue weighted by atomic mass is 35.5. The molecule has 2 N–H and O–H groups in total. The quantitative estimate of drug-likeness (QED) is 0.558. The molecule has 1 aliphatic rings. The third-order valence-corrected chi connectivity index (χ3v) is 6.28. The topological polar surface area (TPSA) is 85.8 Å². The molecule has 0 spiro atoms. The number of carbonyl (C=O) groups is 2. The van der Waals surface area contributed by atoms with Gasteiger partial charge in [-0.05, 0) is 49.1 Å². The number of fused-ring (bicyclic) bond motifs is 1. The van der Waals surface area contributed by atoms with Crippen molar-refractivity contribution in [2.75, 3.05) is 20.2 Å². The lowest BCUT2D eigenvalue weighted by Gasteiger charge is -2.30. The first-order chi connectivity index (χ1) is 15.4. The highest BCUT2D eigenvalue weighted by Crippen LogP contribution is 2.37. The van der Waals surface area contributed by atoms with E-state index in [4.69, 9.17) is 26.5 Å². The standard InChI is InChI=1S/C25H25ClN2O4/c1-15(11-24(29)28-9-7-17(8-10-28)25(27)30)19-12-20-21(16-3-5-18(26)6-4-16)14-32-23(20)13-22(19)31-2/h3-6,11-14,17H,7-10H2,1-2H3,(H2,27,30)/b15-11+. The van der Waals surface area contributed by atoms with Crippen molar-refractivity contribution in [1.82, 2.24) is 4.90 Å². The zero-order valence-electron chi connectivity index (χ0n) is 18.1. The summed E-state index contributed by atoms with van der Waals surface area (Å²) in [5, 5.41) is 1.59. The van der Waals surface area contributed by atoms with Crippen LogP contribution in [-0.2, 0) is 9.59 Å². The number of piperidine rings is 1. The summed E-state index contributed by atoms with van der Waals surface area (Å²) >= 11 is 6.03. The van der Waals surface area contributed by atoms with Crippen molar-refractivity contribution in [2.45, 2.75) is 19.8 Å². The van der Waals surface area contributed by atoms with Crippen molar-refractivity contribution in [3.05, 3.63) is 59.3 Å². The number of ether oxygens (including phenoxy) is 1. The zero-order valence-corrected chi connectivity index (χ0v) is 18.8. The van der Waals surface area contributed by atoms with Gasteiger partial charge in [0, 0.05) is 52.7 Å². The van der Waals surface area contributed by atoms with Gasteiger partial charge in [0.05, 0.1) is 13.4 Å². The second-order valence-corrected chi connectivity index (χ2v) is 8.47. The molecule has 0 aliphatic carbocycles. The van der Waals surface area contributed by atoms with Crippen molar-refractivity contribution in [1.29, 1.82) is 0 Å². The predicted octanol–water partition coefficient (Wildman–Crippen LogP) is 4.89. The molecule has 166 valence electrons. The van der Waals surface area contributed by atoms with Crippen LogP contribution in [0, 0.1) is 5.92 Å². The van der Waals surface area contributed by atoms with E-state index in [0.717, 1.165) is 27.6 Å². The molecule has 0 saturated carbocycles. The minimum absolute atomic E-state index is 0.0855. The van der Waals surface area contributed by atoms with Crippen LogP contribution in [0.5, 0.6) is 5.75 Å². The van der Waals surface area contributed by atoms with E-state index >= 15 is 0 Å². The first-order valence-corrected chi connectivity index (χ1v) is 10.9. The summed E-state index contributed by atoms with van der Waals surface area (Å²) in [6.45, 7) is 2.93. The Morgan fingerprint density at radius 3 is 2.50 bits per heavy atom. The third kappa shape index (κ3) is 4.36. The number of carbonyl (C=O) groups excluding carboxylic acids is 2. The van der Waals surface area contributed by atoms with Crippen molar-refractivity contribution in [3.8, 4) is 16.9 Å². The van der Waals surface area contributed by atoms with Crippen LogP contribution in [0.15, 0.2) is 53.2 Å². The number of methoxy groups -OCH3 is 1. The average Bonchev–Trinajstić information content (AvgIpc) is 3.21. The molecule has 1 aliphatic heterocycles. The van der Waals surface area contributed by atoms with Crippen molar-refractivity contribution in [2.24, 2.45) is 11.7 Å². The predicted molar refractivity (Wildman–Crippen MR) is 125 cm³/mol. The van der Waals surface area contributed by atoms with E-state index in [0.29, 0.717) is 42.3 Å². The van der Waals surface area contributed by atoms with E-state index in [9.17, 15) is 9.59 Å². The Bertz CT molecular complexity index is 1190. The van der Waals surface area contributed by atoms with Gasteiger partial charge in [0.2, 0.25) is 11.8 Å². The molecule has 1 aromatic heterocycles. The molecule has 32 heavy (non-hydrogen) atoms. The van der Waals surface area contributed by atoms with E-state index in [1.807, 2.05) is 43.3 Å². The minimum Gasteiger partial charge on any atom is -0.496 e. The van der Waals surface area contributed by atoms with Crippen LogP contribution >= 0.6 is 11.6 Å². The maximum Gasteiger partial charge on any atom is 0.246 e. The average molecular weight is 453 g/mol. The molecule has 6 nitrogen and oxygen atoms in total. The summed E-state index contributed by atoms with van der Waals surface area (Å²) < 4.78 is 11.3. The van der Waals surface area contributed by atoms with Gasteiger partial charge in [-0.25, -0.2) is 0 Å². The molecule has 2 amide bonds. The largest absolute Gasteiger partial charge is 0.496 e. The van der Waals surface area contributed by atoms with Crippen LogP contribution in [0.3, 0.4) is 0 Å². The number of halogens is 1. The molecule has 7 heteroatoms. The van der Waals surface area contributed by atoms with Gasteiger partial charge in [-0.2, -0.15) is 0 Å². The highest BCUT2D eigenvalue weighted by Gasteiger charge is 2.25. The molecular formula is C25H25ClN2O4. The summed E-state index contributed by atoms with van der Waals surface area (Å²) in [7, 11) is 1.59. The van der Waals surface area contributed by atoms with Gasteiger partial charge in [0.25, 0.3) is 0 Å². The fourth-order valence-corrected chi connectivity index (χ4v) is 4.25. The normalized spacial score (nSPS) is 15.2. The van der Waals surface area contributed by atoms with Crippen molar-refractivity contribution in [3.63, 3.8) is 0 Å². The molecule has 0 unspecified atom stereocenters. The fourth-order valence-electron chi connectivity index (χ4n) is 4.12. The molecule has 0 bridgehead atoms. The monoisotopic (exact) mass is 452 g/mol. The van der Waals surface area contributed by atoms with Gasteiger partial charge in [-0.15, -0.1) is 0 Å². The number of nitrogens with zero attached hydrogens (tertiary/aromatic N) is 1. The number of furan rings is 1. The lowest BCUT2D eigenvalue weighted by molar-refractivity contribution is -0.130. The lowest BCUT2D eigenvalue weighted by Crippen LogP contribution is -2.41. The number of rotatable bonds is 5. The Labute approximate surface area is 191 Å². The summed E-state index contributed by atoms with van der Waals surface area (Å²) in [4.78, 5) is 26.0. The van der Waals surface area contributed by atoms with Gasteiger partial charge < -0.3 is 19.8 Å². The van der Waals surface area contributed by atoms with Gasteiger partial charge in [-0.1, -0.05) is 23.7 Å². The third-order valence-electron chi connectivity index (χ3n) is 6.02. The van der Waals surface area contributed by atoms with Gasteiger partial charge in [0.15, 0.2) is 0 Å². The molecule has 3 aromatic rings. The Balaban J connectivity index is 1.65. The Morgan fingerprint density at radius 2 is 1.88 bits per heavy atom. The number of allylic oxidation sites excluding steroid dienone is 1. The van der Waals surface area contributed by atoms with Crippen LogP contribution in [-0.4, -0.2) is 36.9 Å². The SMILES string of the molecule is COc1cc2occ(-c3ccc(Cl)cc3)c2cc1/C(C)=C/C(=O)N1CCC(C(N)=O)CC1. The van der Waals surface area contributed by atoms with Gasteiger partial charge >= 0.3 is 0 Å². The van der Waals surface area contributed by atoms with Gasteiger partial charge in [0.1, 0.15) is 11.3 Å². The molecule has 1 saturated heterocycles. The van der Waals surface area contributed by atoms with E-state index in [1.165, 1.54) is 0 Å². The summed E-state index contributed by atoms with van der Waals surface area (Å²) in [6, 6.07) is 11.4. The second kappa shape index (κ2) is 9.09. The highest BCUT2D eigenvalue weighted by molar-refractivity contribution is 6.30. The summed E-state index contributed by atoms with van der Waals surface area (Å²) in [6.07, 6.45) is 4.53. The zero-order chi connectivity index (χ0) is 22.8. The van der Waals surface area contributed by atoms with E-state index in [-0.39, 0.29) is 17.7 Å². The smallest absolute Gasteiger partial charge is 0.246 e. The van der Waals surface area contributed by atoms with Crippen LogP contribution in [0.4, 0.5) is 0 Å². The van der Waals surface area contributed by atoms with Gasteiger partial charge in [-0.3, -0.25) is 9.59 Å². The first kappa shape index (κ1) is 22.0. The van der Waals surface area contributed by atoms with Crippen LogP contribution < -0.4 is 10.5 Å². The summed E-state index contributed by atoms with van der Waals surface area (Å²) in [5.41, 5.74) is 9.62. The first-order valence-electron chi connectivity index (χ1n) is 10.5. The number of nitrogens with two attached hydrogens (primary N) is 1. The molecule has 4 rings (SSSR count). The van der Waals surface area contributed by atoms with Crippen molar-refractivity contribution < 1.29 is 18.7 Å². The fraction of sp³-hybridized carbons (Fsp3) is 0.280. The molecule has 2 heterocycles. The number of benzene rings is 2. The van der Waals surface area contributed by atoms with Crippen LogP contribution in [0.2, 0.25) is 5.02 Å². The number of hydrogen-bond acceptors (Lipinski definition) is 4. The Kier molecular flexibility index (Phi) is 6.24. The van der Waals surface area contributed by atoms with Crippen LogP contribution in [0.25, 0.3) is 27.7 Å². The maximum absolute atomic E-state index is 12.9. The molecule has 1 fully saturated rings. The number of hydrogen-bond donors (Lipinski definition) is 1. The Hall–Kier alpha value is -3.25. The molecule has 2 aromatic carbocycles. The van der Waals surface area contributed by atoms with E-state index < -0.39 is 0 Å². The second-order valence-electron chi connectivity index (χ2n) is 8.03. The van der Waals surface area contributed by atoms with E-state index in [1.54, 1.807) is 24.3 Å². The van der Waals surface area contributed by atoms with E-state index in [2.05, 4.69) is 0 Å². The summed E-state index contributed by atoms with van der Waals surface area (Å²) in [5.74, 6) is 0.0960. The lowest BCUT2D eigenvalue weighted by atomic mass is 9.96. The van der Waals surface area contributed by atoms with Crippen molar-refractivity contribution >= 4 is 40.0 Å². The maximum atomic E-state index is 12.9. The number of amides is 2. The molecule has 0 atom stereocenters. The number of primary amides is 1. The molecule has 0 radical (unpaired) electrons. The van der Waals surface area contributed by atoms with Crippen LogP contribution in [0.1, 0.15) is 25.3 Å². The Morgan fingerprint density at radius 1 is 1.19 bits per heavy atom. The number of likely N-dealkylation sites (tertiary alicyclic amines) is 1. The molecular weight excluding hydrogens is 428 g/mol. The minimum atomic E-state index is -0.293.